The van der Waals surface area contributed by atoms with Gasteiger partial charge >= 0.3 is 0 Å². The largest absolute Gasteiger partial charge is 0.337 e. The van der Waals surface area contributed by atoms with Gasteiger partial charge in [-0.05, 0) is 37.1 Å². The summed E-state index contributed by atoms with van der Waals surface area (Å²) in [5.74, 6) is 0.247. The van der Waals surface area contributed by atoms with Gasteiger partial charge in [-0.2, -0.15) is 0 Å². The van der Waals surface area contributed by atoms with Crippen LogP contribution in [0.3, 0.4) is 0 Å². The number of amides is 1. The molecule has 4 aromatic rings. The minimum Gasteiger partial charge on any atom is -0.337 e. The molecule has 3 heterocycles. The van der Waals surface area contributed by atoms with Gasteiger partial charge in [-0.3, -0.25) is 9.78 Å². The highest BCUT2D eigenvalue weighted by Crippen LogP contribution is 2.28. The van der Waals surface area contributed by atoms with Crippen molar-refractivity contribution in [3.05, 3.63) is 96.3 Å². The molecule has 4 nitrogen and oxygen atoms in total. The first kappa shape index (κ1) is 18.5. The molecular formula is C26H23N3O. The molecule has 5 rings (SSSR count). The predicted octanol–water partition coefficient (Wildman–Crippen LogP) is 5.32. The van der Waals surface area contributed by atoms with Crippen LogP contribution in [-0.2, 0) is 0 Å². The van der Waals surface area contributed by atoms with E-state index in [0.717, 1.165) is 47.2 Å². The highest BCUT2D eigenvalue weighted by atomic mass is 16.2. The highest BCUT2D eigenvalue weighted by Gasteiger charge is 2.27. The molecule has 0 radical (unpaired) electrons. The molecule has 4 heteroatoms. The predicted molar refractivity (Wildman–Crippen MR) is 119 cm³/mol. The van der Waals surface area contributed by atoms with Crippen molar-refractivity contribution in [2.45, 2.75) is 18.8 Å². The van der Waals surface area contributed by atoms with E-state index in [-0.39, 0.29) is 11.8 Å². The summed E-state index contributed by atoms with van der Waals surface area (Å²) in [5, 5.41) is 1.05. The number of carbonyl (C=O) groups excluding carboxylic acids is 1. The quantitative estimate of drug-likeness (QED) is 0.473. The van der Waals surface area contributed by atoms with Crippen LogP contribution < -0.4 is 0 Å². The van der Waals surface area contributed by atoms with Gasteiger partial charge in [0.1, 0.15) is 5.69 Å². The molecule has 1 atom stereocenters. The Balaban J connectivity index is 1.37. The summed E-state index contributed by atoms with van der Waals surface area (Å²) in [4.78, 5) is 24.6. The lowest BCUT2D eigenvalue weighted by Crippen LogP contribution is -2.39. The maximum absolute atomic E-state index is 13.2. The van der Waals surface area contributed by atoms with E-state index in [0.29, 0.717) is 12.2 Å². The summed E-state index contributed by atoms with van der Waals surface area (Å²) in [6.45, 7) is 1.45. The summed E-state index contributed by atoms with van der Waals surface area (Å²) < 4.78 is 0. The lowest BCUT2D eigenvalue weighted by molar-refractivity contribution is 0.0700. The molecule has 0 N–H and O–H groups in total. The molecule has 1 aliphatic rings. The molecule has 0 bridgehead atoms. The van der Waals surface area contributed by atoms with Crippen LogP contribution >= 0.6 is 0 Å². The third-order valence-electron chi connectivity index (χ3n) is 5.78. The Morgan fingerprint density at radius 3 is 2.57 bits per heavy atom. The molecule has 1 fully saturated rings. The molecule has 0 spiro atoms. The van der Waals surface area contributed by atoms with Crippen LogP contribution in [0.5, 0.6) is 0 Å². The van der Waals surface area contributed by atoms with E-state index in [9.17, 15) is 4.79 Å². The molecule has 1 aliphatic heterocycles. The number of rotatable bonds is 3. The number of carbonyl (C=O) groups is 1. The molecule has 30 heavy (non-hydrogen) atoms. The van der Waals surface area contributed by atoms with Gasteiger partial charge in [0.05, 0.1) is 11.2 Å². The zero-order valence-corrected chi connectivity index (χ0v) is 16.7. The van der Waals surface area contributed by atoms with Gasteiger partial charge in [-0.15, -0.1) is 0 Å². The minimum atomic E-state index is 0.00432. The van der Waals surface area contributed by atoms with Gasteiger partial charge in [0.2, 0.25) is 0 Å². The number of piperidine rings is 1. The monoisotopic (exact) mass is 393 g/mol. The van der Waals surface area contributed by atoms with Gasteiger partial charge in [0, 0.05) is 35.7 Å². The number of pyridine rings is 2. The van der Waals surface area contributed by atoms with Crippen molar-refractivity contribution in [2.24, 2.45) is 0 Å². The number of benzene rings is 2. The summed E-state index contributed by atoms with van der Waals surface area (Å²) in [5.41, 5.74) is 4.52. The summed E-state index contributed by atoms with van der Waals surface area (Å²) >= 11 is 0. The maximum Gasteiger partial charge on any atom is 0.272 e. The number of fused-ring (bicyclic) bond motifs is 1. The van der Waals surface area contributed by atoms with Crippen LogP contribution in [0.1, 0.15) is 34.9 Å². The SMILES string of the molecule is O=C(c1ccc2ccccc2n1)N1CCCC(c2cccc(-c3ccccc3)n2)C1. The molecule has 0 aliphatic carbocycles. The van der Waals surface area contributed by atoms with E-state index in [1.807, 2.05) is 65.6 Å². The van der Waals surface area contributed by atoms with Gasteiger partial charge in [0.15, 0.2) is 0 Å². The first-order valence-electron chi connectivity index (χ1n) is 10.5. The zero-order chi connectivity index (χ0) is 20.3. The van der Waals surface area contributed by atoms with Crippen LogP contribution in [-0.4, -0.2) is 33.9 Å². The first-order chi connectivity index (χ1) is 14.8. The Kier molecular flexibility index (Phi) is 4.98. The third-order valence-corrected chi connectivity index (χ3v) is 5.78. The zero-order valence-electron chi connectivity index (χ0n) is 16.7. The second-order valence-electron chi connectivity index (χ2n) is 7.79. The van der Waals surface area contributed by atoms with Crippen molar-refractivity contribution >= 4 is 16.8 Å². The van der Waals surface area contributed by atoms with E-state index in [4.69, 9.17) is 4.98 Å². The molecule has 1 unspecified atom stereocenters. The molecule has 2 aromatic carbocycles. The number of hydrogen-bond donors (Lipinski definition) is 0. The number of nitrogens with zero attached hydrogens (tertiary/aromatic N) is 3. The molecule has 148 valence electrons. The Morgan fingerprint density at radius 2 is 1.67 bits per heavy atom. The van der Waals surface area contributed by atoms with Crippen molar-refractivity contribution in [2.75, 3.05) is 13.1 Å². The van der Waals surface area contributed by atoms with Gasteiger partial charge < -0.3 is 4.90 Å². The van der Waals surface area contributed by atoms with Crippen molar-refractivity contribution in [3.63, 3.8) is 0 Å². The molecule has 0 saturated carbocycles. The number of aromatic nitrogens is 2. The molecule has 1 saturated heterocycles. The van der Waals surface area contributed by atoms with Gasteiger partial charge in [0.25, 0.3) is 5.91 Å². The van der Waals surface area contributed by atoms with E-state index >= 15 is 0 Å². The van der Waals surface area contributed by atoms with Crippen molar-refractivity contribution in [1.82, 2.24) is 14.9 Å². The second-order valence-corrected chi connectivity index (χ2v) is 7.79. The lowest BCUT2D eigenvalue weighted by Gasteiger charge is -2.32. The van der Waals surface area contributed by atoms with Crippen LogP contribution in [0.15, 0.2) is 84.9 Å². The van der Waals surface area contributed by atoms with Crippen molar-refractivity contribution in [3.8, 4) is 11.3 Å². The van der Waals surface area contributed by atoms with E-state index in [2.05, 4.69) is 29.2 Å². The van der Waals surface area contributed by atoms with E-state index in [1.165, 1.54) is 0 Å². The Hall–Kier alpha value is -3.53. The second kappa shape index (κ2) is 8.07. The lowest BCUT2D eigenvalue weighted by atomic mass is 9.93. The number of hydrogen-bond acceptors (Lipinski definition) is 3. The average molecular weight is 393 g/mol. The number of likely N-dealkylation sites (tertiary alicyclic amines) is 1. The van der Waals surface area contributed by atoms with E-state index in [1.54, 1.807) is 0 Å². The topological polar surface area (TPSA) is 46.1 Å². The molecule has 2 aromatic heterocycles. The summed E-state index contributed by atoms with van der Waals surface area (Å²) in [6.07, 6.45) is 2.02. The average Bonchev–Trinajstić information content (AvgIpc) is 2.84. The molecule has 1 amide bonds. The Labute approximate surface area is 176 Å². The normalized spacial score (nSPS) is 16.5. The molecular weight excluding hydrogens is 370 g/mol. The summed E-state index contributed by atoms with van der Waals surface area (Å²) in [6, 6.07) is 28.1. The van der Waals surface area contributed by atoms with Gasteiger partial charge in [-0.25, -0.2) is 4.98 Å². The maximum atomic E-state index is 13.2. The van der Waals surface area contributed by atoms with Crippen molar-refractivity contribution in [1.29, 1.82) is 0 Å². The van der Waals surface area contributed by atoms with E-state index < -0.39 is 0 Å². The smallest absolute Gasteiger partial charge is 0.272 e. The van der Waals surface area contributed by atoms with Crippen LogP contribution in [0, 0.1) is 0 Å². The Bertz CT molecular complexity index is 1190. The van der Waals surface area contributed by atoms with Gasteiger partial charge in [-0.1, -0.05) is 60.7 Å². The number of para-hydroxylation sites is 1. The Morgan fingerprint density at radius 1 is 0.833 bits per heavy atom. The van der Waals surface area contributed by atoms with Crippen LogP contribution in [0.2, 0.25) is 0 Å². The van der Waals surface area contributed by atoms with Crippen LogP contribution in [0.4, 0.5) is 0 Å². The first-order valence-corrected chi connectivity index (χ1v) is 10.5. The van der Waals surface area contributed by atoms with Crippen molar-refractivity contribution < 1.29 is 4.79 Å². The fraction of sp³-hybridized carbons (Fsp3) is 0.192. The van der Waals surface area contributed by atoms with Crippen LogP contribution in [0.25, 0.3) is 22.2 Å². The fourth-order valence-corrected chi connectivity index (χ4v) is 4.20. The highest BCUT2D eigenvalue weighted by molar-refractivity contribution is 5.95. The standard InChI is InChI=1S/C26H23N3O/c30-26(25-16-15-20-10-4-5-12-22(20)28-25)29-17-7-11-21(18-29)24-14-6-13-23(27-24)19-8-2-1-3-9-19/h1-6,8-10,12-16,21H,7,11,17-18H2. The minimum absolute atomic E-state index is 0.00432. The third kappa shape index (κ3) is 3.69. The summed E-state index contributed by atoms with van der Waals surface area (Å²) in [7, 11) is 0. The fourth-order valence-electron chi connectivity index (χ4n) is 4.20.